The van der Waals surface area contributed by atoms with Gasteiger partial charge in [0, 0.05) is 17.3 Å². The van der Waals surface area contributed by atoms with Gasteiger partial charge in [-0.3, -0.25) is 0 Å². The number of methoxy groups -OCH3 is 1. The predicted molar refractivity (Wildman–Crippen MR) is 84.1 cm³/mol. The Labute approximate surface area is 137 Å². The summed E-state index contributed by atoms with van der Waals surface area (Å²) < 4.78 is 10.9. The highest BCUT2D eigenvalue weighted by atomic mass is 79.9. The van der Waals surface area contributed by atoms with Crippen molar-refractivity contribution in [2.24, 2.45) is 0 Å². The highest BCUT2D eigenvalue weighted by Crippen LogP contribution is 2.29. The van der Waals surface area contributed by atoms with E-state index >= 15 is 0 Å². The molecule has 0 saturated heterocycles. The molecule has 0 bridgehead atoms. The number of nitrogens with one attached hydrogen (secondary N) is 2. The van der Waals surface area contributed by atoms with E-state index in [-0.39, 0.29) is 12.6 Å². The molecule has 118 valence electrons. The molecule has 2 amide bonds. The van der Waals surface area contributed by atoms with Crippen LogP contribution in [0.5, 0.6) is 0 Å². The van der Waals surface area contributed by atoms with Crippen molar-refractivity contribution < 1.29 is 19.1 Å². The molecule has 1 aromatic rings. The van der Waals surface area contributed by atoms with Crippen LogP contribution in [0.25, 0.3) is 0 Å². The summed E-state index contributed by atoms with van der Waals surface area (Å²) in [6.45, 7) is 2.15. The van der Waals surface area contributed by atoms with Crippen LogP contribution in [0.3, 0.4) is 0 Å². The molecule has 6 nitrogen and oxygen atoms in total. The van der Waals surface area contributed by atoms with E-state index < -0.39 is 12.0 Å². The first-order chi connectivity index (χ1) is 10.5. The average Bonchev–Trinajstić information content (AvgIpc) is 2.46. The number of amides is 2. The molecule has 0 saturated carbocycles. The van der Waals surface area contributed by atoms with Gasteiger partial charge < -0.3 is 20.1 Å². The number of carbonyl (C=O) groups is 2. The van der Waals surface area contributed by atoms with Crippen molar-refractivity contribution >= 4 is 27.9 Å². The molecule has 2 rings (SSSR count). The van der Waals surface area contributed by atoms with Crippen LogP contribution in [0.2, 0.25) is 0 Å². The zero-order valence-corrected chi connectivity index (χ0v) is 13.9. The van der Waals surface area contributed by atoms with Crippen molar-refractivity contribution in [3.8, 4) is 0 Å². The molecule has 0 fully saturated rings. The minimum absolute atomic E-state index is 0.158. The lowest BCUT2D eigenvalue weighted by molar-refractivity contribution is -0.140. The summed E-state index contributed by atoms with van der Waals surface area (Å²) in [4.78, 5) is 24.1. The van der Waals surface area contributed by atoms with Crippen molar-refractivity contribution in [3.63, 3.8) is 0 Å². The lowest BCUT2D eigenvalue weighted by Gasteiger charge is -2.28. The summed E-state index contributed by atoms with van der Waals surface area (Å²) in [6.07, 6.45) is 0. The third-order valence-electron chi connectivity index (χ3n) is 3.19. The van der Waals surface area contributed by atoms with Crippen LogP contribution < -0.4 is 10.6 Å². The van der Waals surface area contributed by atoms with E-state index in [4.69, 9.17) is 9.47 Å². The Morgan fingerprint density at radius 1 is 1.36 bits per heavy atom. The lowest BCUT2D eigenvalue weighted by Crippen LogP contribution is -2.45. The maximum Gasteiger partial charge on any atom is 0.338 e. The molecule has 0 radical (unpaired) electrons. The Hall–Kier alpha value is -1.86. The van der Waals surface area contributed by atoms with Crippen molar-refractivity contribution in [1.29, 1.82) is 0 Å². The number of esters is 1. The normalized spacial score (nSPS) is 17.8. The molecule has 22 heavy (non-hydrogen) atoms. The minimum atomic E-state index is -0.554. The van der Waals surface area contributed by atoms with Gasteiger partial charge in [-0.05, 0) is 24.6 Å². The van der Waals surface area contributed by atoms with E-state index in [1.807, 2.05) is 24.3 Å². The summed E-state index contributed by atoms with van der Waals surface area (Å²) in [5.41, 5.74) is 1.66. The molecule has 0 aromatic heterocycles. The molecule has 1 aliphatic rings. The van der Waals surface area contributed by atoms with Crippen LogP contribution in [0.1, 0.15) is 18.5 Å². The van der Waals surface area contributed by atoms with E-state index in [9.17, 15) is 9.59 Å². The third kappa shape index (κ3) is 3.86. The smallest absolute Gasteiger partial charge is 0.338 e. The quantitative estimate of drug-likeness (QED) is 0.617. The zero-order chi connectivity index (χ0) is 16.1. The van der Waals surface area contributed by atoms with Gasteiger partial charge in [0.15, 0.2) is 0 Å². The van der Waals surface area contributed by atoms with Crippen LogP contribution in [0.4, 0.5) is 4.79 Å². The second-order valence-corrected chi connectivity index (χ2v) is 5.67. The van der Waals surface area contributed by atoms with Crippen LogP contribution in [-0.2, 0) is 14.3 Å². The summed E-state index contributed by atoms with van der Waals surface area (Å²) in [5, 5.41) is 5.35. The molecule has 0 unspecified atom stereocenters. The number of ether oxygens (including phenoxy) is 2. The summed E-state index contributed by atoms with van der Waals surface area (Å²) in [6, 6.07) is 6.51. The number of allylic oxidation sites excluding steroid dienone is 1. The molecule has 1 aromatic carbocycles. The molecule has 1 atom stereocenters. The number of hydrogen-bond donors (Lipinski definition) is 2. The molecule has 1 aliphatic heterocycles. The Bertz CT molecular complexity index is 615. The second kappa shape index (κ2) is 7.42. The van der Waals surface area contributed by atoms with Crippen molar-refractivity contribution in [3.05, 3.63) is 45.6 Å². The Balaban J connectivity index is 2.30. The molecular weight excluding hydrogens is 352 g/mol. The van der Waals surface area contributed by atoms with Gasteiger partial charge in [-0.15, -0.1) is 0 Å². The fourth-order valence-electron chi connectivity index (χ4n) is 2.20. The number of hydrogen-bond acceptors (Lipinski definition) is 4. The maximum absolute atomic E-state index is 12.3. The third-order valence-corrected chi connectivity index (χ3v) is 3.68. The summed E-state index contributed by atoms with van der Waals surface area (Å²) in [5.74, 6) is -0.480. The minimum Gasteiger partial charge on any atom is -0.460 e. The molecule has 0 aliphatic carbocycles. The van der Waals surface area contributed by atoms with E-state index in [1.54, 1.807) is 6.92 Å². The van der Waals surface area contributed by atoms with Gasteiger partial charge in [0.1, 0.15) is 6.61 Å². The first kappa shape index (κ1) is 16.5. The number of halogens is 1. The van der Waals surface area contributed by atoms with Gasteiger partial charge in [0.2, 0.25) is 0 Å². The Morgan fingerprint density at radius 2 is 2.14 bits per heavy atom. The highest BCUT2D eigenvalue weighted by Gasteiger charge is 2.32. The van der Waals surface area contributed by atoms with Crippen molar-refractivity contribution in [2.75, 3.05) is 20.3 Å². The van der Waals surface area contributed by atoms with Crippen LogP contribution in [0.15, 0.2) is 40.0 Å². The fourth-order valence-corrected chi connectivity index (χ4v) is 2.61. The standard InChI is InChI=1S/C15H17BrN2O4/c1-9-12(14(19)22-7-6-21-2)13(18-15(20)17-9)10-4-3-5-11(16)8-10/h3-5,8,13H,6-7H2,1-2H3,(H2,17,18,20)/t13-/m1/s1. The largest absolute Gasteiger partial charge is 0.460 e. The van der Waals surface area contributed by atoms with Crippen LogP contribution >= 0.6 is 15.9 Å². The molecular formula is C15H17BrN2O4. The summed E-state index contributed by atoms with van der Waals surface area (Å²) in [7, 11) is 1.53. The Morgan fingerprint density at radius 3 is 2.82 bits per heavy atom. The van der Waals surface area contributed by atoms with Crippen molar-refractivity contribution in [2.45, 2.75) is 13.0 Å². The fraction of sp³-hybridized carbons (Fsp3) is 0.333. The maximum atomic E-state index is 12.3. The highest BCUT2D eigenvalue weighted by molar-refractivity contribution is 9.10. The number of carbonyl (C=O) groups excluding carboxylic acids is 2. The predicted octanol–water partition coefficient (Wildman–Crippen LogP) is 2.27. The van der Waals surface area contributed by atoms with Crippen molar-refractivity contribution in [1.82, 2.24) is 10.6 Å². The first-order valence-electron chi connectivity index (χ1n) is 6.72. The van der Waals surface area contributed by atoms with Crippen LogP contribution in [-0.4, -0.2) is 32.3 Å². The number of benzene rings is 1. The SMILES string of the molecule is COCCOC(=O)C1=C(C)NC(=O)N[C@@H]1c1cccc(Br)c1. The molecule has 1 heterocycles. The van der Waals surface area contributed by atoms with E-state index in [0.29, 0.717) is 17.9 Å². The van der Waals surface area contributed by atoms with E-state index in [1.165, 1.54) is 7.11 Å². The number of urea groups is 1. The number of rotatable bonds is 5. The van der Waals surface area contributed by atoms with Gasteiger partial charge in [0.05, 0.1) is 18.2 Å². The molecule has 0 spiro atoms. The second-order valence-electron chi connectivity index (χ2n) is 4.75. The van der Waals surface area contributed by atoms with Gasteiger partial charge >= 0.3 is 12.0 Å². The van der Waals surface area contributed by atoms with Crippen LogP contribution in [0, 0.1) is 0 Å². The van der Waals surface area contributed by atoms with E-state index in [0.717, 1.165) is 10.0 Å². The molecule has 7 heteroatoms. The molecule has 2 N–H and O–H groups in total. The first-order valence-corrected chi connectivity index (χ1v) is 7.52. The van der Waals surface area contributed by atoms with Gasteiger partial charge in [-0.25, -0.2) is 9.59 Å². The van der Waals surface area contributed by atoms with Gasteiger partial charge in [-0.1, -0.05) is 28.1 Å². The zero-order valence-electron chi connectivity index (χ0n) is 12.3. The lowest BCUT2D eigenvalue weighted by atomic mass is 9.96. The summed E-state index contributed by atoms with van der Waals surface area (Å²) >= 11 is 3.39. The topological polar surface area (TPSA) is 76.7 Å². The van der Waals surface area contributed by atoms with Gasteiger partial charge in [0.25, 0.3) is 0 Å². The van der Waals surface area contributed by atoms with E-state index in [2.05, 4.69) is 26.6 Å². The monoisotopic (exact) mass is 368 g/mol. The Kier molecular flexibility index (Phi) is 5.57. The van der Waals surface area contributed by atoms with Gasteiger partial charge in [-0.2, -0.15) is 0 Å². The average molecular weight is 369 g/mol.